The summed E-state index contributed by atoms with van der Waals surface area (Å²) in [4.78, 5) is 11.8. The summed E-state index contributed by atoms with van der Waals surface area (Å²) < 4.78 is 0. The highest BCUT2D eigenvalue weighted by Crippen LogP contribution is 2.26. The number of hydrogen-bond acceptors (Lipinski definition) is 4. The van der Waals surface area contributed by atoms with Gasteiger partial charge in [-0.15, -0.1) is 10.3 Å². The third kappa shape index (κ3) is 3.10. The number of amides is 1. The fourth-order valence-electron chi connectivity index (χ4n) is 1.90. The molecule has 6 heteroatoms. The molecular formula is C12H20N4O2. The molecule has 0 radical (unpaired) electrons. The number of amidine groups is 1. The predicted octanol–water partition coefficient (Wildman–Crippen LogP) is 0.956. The second-order valence-corrected chi connectivity index (χ2v) is 4.14. The summed E-state index contributed by atoms with van der Waals surface area (Å²) in [6.45, 7) is 5.96. The summed E-state index contributed by atoms with van der Waals surface area (Å²) in [7, 11) is 0. The largest absolute Gasteiger partial charge is 0.386 e. The quantitative estimate of drug-likeness (QED) is 0.301. The predicted molar refractivity (Wildman–Crippen MR) is 69.6 cm³/mol. The third-order valence-electron chi connectivity index (χ3n) is 2.72. The Balaban J connectivity index is 3.23. The molecule has 1 amide bonds. The Morgan fingerprint density at radius 1 is 1.72 bits per heavy atom. The number of hydrazone groups is 1. The average molecular weight is 252 g/mol. The molecule has 0 aliphatic carbocycles. The van der Waals surface area contributed by atoms with E-state index in [0.29, 0.717) is 23.0 Å². The zero-order chi connectivity index (χ0) is 13.7. The number of hydroxylamine groups is 1. The van der Waals surface area contributed by atoms with E-state index in [9.17, 15) is 10.0 Å². The number of carbonyl (C=O) groups is 1. The van der Waals surface area contributed by atoms with Crippen LogP contribution in [-0.4, -0.2) is 28.7 Å². The summed E-state index contributed by atoms with van der Waals surface area (Å²) in [5.41, 5.74) is 6.34. The smallest absolute Gasteiger partial charge is 0.249 e. The molecule has 100 valence electrons. The molecule has 0 aromatic rings. The number of allylic oxidation sites excluding steroid dienone is 2. The highest BCUT2D eigenvalue weighted by Gasteiger charge is 2.31. The van der Waals surface area contributed by atoms with Crippen LogP contribution in [-0.2, 0) is 4.79 Å². The highest BCUT2D eigenvalue weighted by molar-refractivity contribution is 5.97. The number of rotatable bonds is 4. The Morgan fingerprint density at radius 3 is 2.89 bits per heavy atom. The number of carbonyl (C=O) groups excluding carboxylic acids is 1. The summed E-state index contributed by atoms with van der Waals surface area (Å²) in [6, 6.07) is 0. The summed E-state index contributed by atoms with van der Waals surface area (Å²) in [6.07, 6.45) is 4.20. The molecule has 1 unspecified atom stereocenters. The van der Waals surface area contributed by atoms with Crippen LogP contribution in [0.4, 0.5) is 0 Å². The van der Waals surface area contributed by atoms with Gasteiger partial charge >= 0.3 is 0 Å². The van der Waals surface area contributed by atoms with Crippen LogP contribution in [0, 0.1) is 5.92 Å². The molecule has 0 saturated carbocycles. The van der Waals surface area contributed by atoms with Crippen molar-refractivity contribution >= 4 is 11.7 Å². The molecule has 18 heavy (non-hydrogen) atoms. The molecule has 4 N–H and O–H groups in total. The minimum absolute atomic E-state index is 0.0756. The Kier molecular flexibility index (Phi) is 4.91. The second-order valence-electron chi connectivity index (χ2n) is 4.14. The van der Waals surface area contributed by atoms with Gasteiger partial charge in [0.25, 0.3) is 0 Å². The van der Waals surface area contributed by atoms with Crippen LogP contribution in [0.2, 0.25) is 0 Å². The number of hydrogen-bond donors (Lipinski definition) is 3. The Hall–Kier alpha value is -1.82. The zero-order valence-electron chi connectivity index (χ0n) is 11.0. The van der Waals surface area contributed by atoms with Gasteiger partial charge in [0, 0.05) is 18.0 Å². The molecule has 1 atom stereocenters. The van der Waals surface area contributed by atoms with E-state index >= 15 is 0 Å². The summed E-state index contributed by atoms with van der Waals surface area (Å²) in [5.74, 6) is 0.122. The molecule has 0 bridgehead atoms. The minimum Gasteiger partial charge on any atom is -0.386 e. The fraction of sp³-hybridized carbons (Fsp3) is 0.500. The molecule has 6 nitrogen and oxygen atoms in total. The van der Waals surface area contributed by atoms with E-state index in [1.165, 1.54) is 0 Å². The fourth-order valence-corrected chi connectivity index (χ4v) is 1.90. The molecule has 1 aliphatic rings. The molecule has 1 heterocycles. The molecule has 0 spiro atoms. The SMILES string of the molecule is C/C=C\C(=C1\C(=O)NCC1CC)N(O)/N=C(/C)N. The van der Waals surface area contributed by atoms with Gasteiger partial charge in [-0.25, -0.2) is 0 Å². The van der Waals surface area contributed by atoms with Crippen molar-refractivity contribution < 1.29 is 10.0 Å². The van der Waals surface area contributed by atoms with Crippen molar-refractivity contribution in [1.82, 2.24) is 10.5 Å². The van der Waals surface area contributed by atoms with Gasteiger partial charge in [0.1, 0.15) is 5.84 Å². The van der Waals surface area contributed by atoms with Crippen molar-refractivity contribution in [2.24, 2.45) is 16.8 Å². The molecule has 1 aliphatic heterocycles. The molecule has 1 fully saturated rings. The van der Waals surface area contributed by atoms with E-state index in [1.807, 2.05) is 6.92 Å². The van der Waals surface area contributed by atoms with Crippen LogP contribution in [0.3, 0.4) is 0 Å². The van der Waals surface area contributed by atoms with Crippen molar-refractivity contribution in [3.8, 4) is 0 Å². The lowest BCUT2D eigenvalue weighted by Crippen LogP contribution is -2.22. The lowest BCUT2D eigenvalue weighted by molar-refractivity contribution is -0.117. The van der Waals surface area contributed by atoms with E-state index in [1.54, 1.807) is 26.0 Å². The van der Waals surface area contributed by atoms with Gasteiger partial charge in [-0.1, -0.05) is 13.0 Å². The Labute approximate surface area is 107 Å². The van der Waals surface area contributed by atoms with Gasteiger partial charge < -0.3 is 11.1 Å². The van der Waals surface area contributed by atoms with Crippen LogP contribution in [0.25, 0.3) is 0 Å². The van der Waals surface area contributed by atoms with Crippen molar-refractivity contribution in [2.45, 2.75) is 27.2 Å². The first-order valence-corrected chi connectivity index (χ1v) is 5.96. The van der Waals surface area contributed by atoms with Crippen LogP contribution in [0.15, 0.2) is 28.5 Å². The van der Waals surface area contributed by atoms with Crippen molar-refractivity contribution in [1.29, 1.82) is 0 Å². The molecule has 1 saturated heterocycles. The summed E-state index contributed by atoms with van der Waals surface area (Å²) in [5, 5.41) is 17.1. The molecular weight excluding hydrogens is 232 g/mol. The maximum Gasteiger partial charge on any atom is 0.249 e. The van der Waals surface area contributed by atoms with E-state index in [4.69, 9.17) is 5.73 Å². The van der Waals surface area contributed by atoms with Gasteiger partial charge in [0.2, 0.25) is 5.91 Å². The van der Waals surface area contributed by atoms with Gasteiger partial charge in [-0.3, -0.25) is 10.0 Å². The number of nitrogens with two attached hydrogens (primary N) is 1. The normalized spacial score (nSPS) is 23.4. The third-order valence-corrected chi connectivity index (χ3v) is 2.72. The monoisotopic (exact) mass is 252 g/mol. The standard InChI is InChI=1S/C12H20N4O2/c1-4-6-10(16(18)15-8(3)13)11-9(5-2)7-14-12(11)17/h4,6,9,18H,5,7H2,1-3H3,(H2,13,15)(H,14,17)/b6-4-,11-10-. The van der Waals surface area contributed by atoms with Crippen molar-refractivity contribution in [2.75, 3.05) is 6.54 Å². The number of nitrogens with zero attached hydrogens (tertiary/aromatic N) is 2. The first-order valence-electron chi connectivity index (χ1n) is 5.96. The topological polar surface area (TPSA) is 91.0 Å². The van der Waals surface area contributed by atoms with E-state index in [2.05, 4.69) is 10.4 Å². The second kappa shape index (κ2) is 6.20. The van der Waals surface area contributed by atoms with Gasteiger partial charge in [-0.2, -0.15) is 0 Å². The Bertz CT molecular complexity index is 408. The maximum atomic E-state index is 11.8. The first-order chi connectivity index (χ1) is 8.51. The Morgan fingerprint density at radius 2 is 2.39 bits per heavy atom. The first kappa shape index (κ1) is 14.2. The molecule has 0 aromatic carbocycles. The minimum atomic E-state index is -0.168. The molecule has 1 rings (SSSR count). The van der Waals surface area contributed by atoms with Crippen LogP contribution in [0.1, 0.15) is 27.2 Å². The lowest BCUT2D eigenvalue weighted by atomic mass is 9.97. The van der Waals surface area contributed by atoms with Gasteiger partial charge in [0.05, 0.1) is 5.70 Å². The van der Waals surface area contributed by atoms with Crippen molar-refractivity contribution in [3.05, 3.63) is 23.4 Å². The van der Waals surface area contributed by atoms with E-state index in [-0.39, 0.29) is 17.7 Å². The maximum absolute atomic E-state index is 11.8. The van der Waals surface area contributed by atoms with E-state index in [0.717, 1.165) is 6.42 Å². The van der Waals surface area contributed by atoms with Gasteiger partial charge in [0.15, 0.2) is 0 Å². The van der Waals surface area contributed by atoms with Crippen LogP contribution < -0.4 is 11.1 Å². The summed E-state index contributed by atoms with van der Waals surface area (Å²) >= 11 is 0. The van der Waals surface area contributed by atoms with E-state index < -0.39 is 0 Å². The van der Waals surface area contributed by atoms with Gasteiger partial charge in [-0.05, 0) is 26.3 Å². The number of nitrogens with one attached hydrogen (secondary N) is 1. The van der Waals surface area contributed by atoms with Crippen LogP contribution in [0.5, 0.6) is 0 Å². The molecule has 0 aromatic heterocycles. The highest BCUT2D eigenvalue weighted by atomic mass is 16.5. The average Bonchev–Trinajstić information content (AvgIpc) is 2.66. The van der Waals surface area contributed by atoms with Crippen LogP contribution >= 0.6 is 0 Å². The van der Waals surface area contributed by atoms with Crippen molar-refractivity contribution in [3.63, 3.8) is 0 Å². The lowest BCUT2D eigenvalue weighted by Gasteiger charge is -2.17. The zero-order valence-corrected chi connectivity index (χ0v) is 11.0.